The van der Waals surface area contributed by atoms with E-state index in [4.69, 9.17) is 11.6 Å². The summed E-state index contributed by atoms with van der Waals surface area (Å²) in [5, 5.41) is 0. The number of fused-ring (bicyclic) bond motifs is 1. The van der Waals surface area contributed by atoms with Crippen LogP contribution in [0.15, 0.2) is 30.3 Å². The molecule has 0 radical (unpaired) electrons. The molecule has 2 aliphatic heterocycles. The first kappa shape index (κ1) is 20.7. The van der Waals surface area contributed by atoms with Gasteiger partial charge in [0, 0.05) is 49.2 Å². The van der Waals surface area contributed by atoms with E-state index in [1.165, 1.54) is 15.4 Å². The highest BCUT2D eigenvalue weighted by molar-refractivity contribution is 7.92. The Kier molecular flexibility index (Phi) is 5.63. The van der Waals surface area contributed by atoms with Crippen LogP contribution in [0.2, 0.25) is 4.34 Å². The number of hydrogen-bond donors (Lipinski definition) is 0. The summed E-state index contributed by atoms with van der Waals surface area (Å²) in [5.41, 5.74) is 2.24. The molecule has 1 fully saturated rings. The molecule has 156 valence electrons. The Morgan fingerprint density at radius 1 is 1.17 bits per heavy atom. The van der Waals surface area contributed by atoms with Crippen molar-refractivity contribution in [2.75, 3.05) is 36.7 Å². The van der Waals surface area contributed by atoms with E-state index in [1.807, 2.05) is 24.0 Å². The quantitative estimate of drug-likeness (QED) is 0.713. The van der Waals surface area contributed by atoms with Crippen LogP contribution in [0.1, 0.15) is 27.7 Å². The normalized spacial score (nSPS) is 20.2. The number of anilines is 1. The van der Waals surface area contributed by atoms with E-state index in [0.29, 0.717) is 30.8 Å². The zero-order chi connectivity index (χ0) is 20.8. The lowest BCUT2D eigenvalue weighted by molar-refractivity contribution is 0.0629. The third kappa shape index (κ3) is 4.30. The standard InChI is InChI=1S/C20H24ClN3O3S2/c1-14-11-16-12-15(3-5-18(16)24(14)29(2,26)27)20(25)23-9-7-22(8-10-23)13-17-4-6-19(21)28-17/h3-6,12,14H,7-11,13H2,1-2H3/t14-/m0/s1. The molecule has 0 N–H and O–H groups in total. The fraction of sp³-hybridized carbons (Fsp3) is 0.450. The van der Waals surface area contributed by atoms with E-state index in [2.05, 4.69) is 11.0 Å². The number of amides is 1. The van der Waals surface area contributed by atoms with Crippen LogP contribution < -0.4 is 4.31 Å². The van der Waals surface area contributed by atoms with Crippen LogP contribution in [0.3, 0.4) is 0 Å². The van der Waals surface area contributed by atoms with Crippen molar-refractivity contribution in [3.8, 4) is 0 Å². The molecule has 1 saturated heterocycles. The fourth-order valence-corrected chi connectivity index (χ4v) is 6.58. The average Bonchev–Trinajstić information content (AvgIpc) is 3.22. The van der Waals surface area contributed by atoms with Crippen molar-refractivity contribution in [1.29, 1.82) is 0 Å². The molecule has 3 heterocycles. The first-order chi connectivity index (χ1) is 13.7. The molecule has 1 amide bonds. The van der Waals surface area contributed by atoms with Crippen molar-refractivity contribution in [3.63, 3.8) is 0 Å². The van der Waals surface area contributed by atoms with E-state index < -0.39 is 10.0 Å². The van der Waals surface area contributed by atoms with Gasteiger partial charge in [-0.2, -0.15) is 0 Å². The first-order valence-electron chi connectivity index (χ1n) is 9.60. The van der Waals surface area contributed by atoms with Gasteiger partial charge in [-0.1, -0.05) is 11.6 Å². The summed E-state index contributed by atoms with van der Waals surface area (Å²) in [6.45, 7) is 5.76. The molecule has 0 aliphatic carbocycles. The van der Waals surface area contributed by atoms with Crippen LogP contribution in [-0.2, 0) is 23.0 Å². The van der Waals surface area contributed by atoms with Crippen molar-refractivity contribution in [3.05, 3.63) is 50.7 Å². The molecule has 1 aromatic heterocycles. The molecule has 29 heavy (non-hydrogen) atoms. The number of piperazine rings is 1. The Morgan fingerprint density at radius 3 is 2.52 bits per heavy atom. The Bertz CT molecular complexity index is 1030. The molecule has 1 aromatic carbocycles. The highest BCUT2D eigenvalue weighted by Crippen LogP contribution is 2.35. The van der Waals surface area contributed by atoms with Gasteiger partial charge in [0.05, 0.1) is 16.3 Å². The van der Waals surface area contributed by atoms with Crippen molar-refractivity contribution in [2.24, 2.45) is 0 Å². The molecular weight excluding hydrogens is 430 g/mol. The molecule has 1 atom stereocenters. The van der Waals surface area contributed by atoms with E-state index >= 15 is 0 Å². The molecule has 0 bridgehead atoms. The highest BCUT2D eigenvalue weighted by Gasteiger charge is 2.33. The number of carbonyl (C=O) groups excluding carboxylic acids is 1. The third-order valence-corrected chi connectivity index (χ3v) is 7.99. The molecule has 0 saturated carbocycles. The Balaban J connectivity index is 1.42. The SMILES string of the molecule is C[C@H]1Cc2cc(C(=O)N3CCN(Cc4ccc(Cl)s4)CC3)ccc2N1S(C)(=O)=O. The van der Waals surface area contributed by atoms with Gasteiger partial charge in [-0.25, -0.2) is 8.42 Å². The number of thiophene rings is 1. The molecule has 0 spiro atoms. The van der Waals surface area contributed by atoms with Gasteiger partial charge in [-0.05, 0) is 49.2 Å². The van der Waals surface area contributed by atoms with Gasteiger partial charge in [-0.3, -0.25) is 14.0 Å². The van der Waals surface area contributed by atoms with Crippen LogP contribution in [0, 0.1) is 0 Å². The molecule has 2 aromatic rings. The maximum absolute atomic E-state index is 13.0. The minimum Gasteiger partial charge on any atom is -0.336 e. The summed E-state index contributed by atoms with van der Waals surface area (Å²) >= 11 is 7.60. The van der Waals surface area contributed by atoms with Crippen molar-refractivity contribution < 1.29 is 13.2 Å². The molecule has 9 heteroatoms. The Morgan fingerprint density at radius 2 is 1.90 bits per heavy atom. The smallest absolute Gasteiger partial charge is 0.253 e. The van der Waals surface area contributed by atoms with Crippen molar-refractivity contribution in [2.45, 2.75) is 25.9 Å². The average molecular weight is 454 g/mol. The monoisotopic (exact) mass is 453 g/mol. The molecule has 0 unspecified atom stereocenters. The van der Waals surface area contributed by atoms with Gasteiger partial charge in [0.15, 0.2) is 0 Å². The van der Waals surface area contributed by atoms with Crippen LogP contribution in [-0.4, -0.2) is 62.6 Å². The molecular formula is C20H24ClN3O3S2. The second-order valence-electron chi connectivity index (χ2n) is 7.73. The van der Waals surface area contributed by atoms with Crippen LogP contribution in [0.5, 0.6) is 0 Å². The minimum absolute atomic E-state index is 0.0112. The fourth-order valence-electron chi connectivity index (χ4n) is 4.19. The maximum atomic E-state index is 13.0. The summed E-state index contributed by atoms with van der Waals surface area (Å²) in [6.07, 6.45) is 1.85. The summed E-state index contributed by atoms with van der Waals surface area (Å²) in [4.78, 5) is 18.4. The van der Waals surface area contributed by atoms with Gasteiger partial charge in [0.1, 0.15) is 0 Å². The molecule has 4 rings (SSSR count). The van der Waals surface area contributed by atoms with E-state index in [0.717, 1.165) is 29.5 Å². The van der Waals surface area contributed by atoms with Gasteiger partial charge >= 0.3 is 0 Å². The maximum Gasteiger partial charge on any atom is 0.253 e. The second-order valence-corrected chi connectivity index (χ2v) is 11.4. The van der Waals surface area contributed by atoms with E-state index in [1.54, 1.807) is 23.5 Å². The number of benzene rings is 1. The minimum atomic E-state index is -3.32. The number of nitrogens with zero attached hydrogens (tertiary/aromatic N) is 3. The lowest BCUT2D eigenvalue weighted by atomic mass is 10.1. The largest absolute Gasteiger partial charge is 0.336 e. The number of carbonyl (C=O) groups is 1. The van der Waals surface area contributed by atoms with Gasteiger partial charge in [-0.15, -0.1) is 11.3 Å². The topological polar surface area (TPSA) is 60.9 Å². The summed E-state index contributed by atoms with van der Waals surface area (Å²) in [5.74, 6) is 0.0112. The van der Waals surface area contributed by atoms with Crippen LogP contribution >= 0.6 is 22.9 Å². The van der Waals surface area contributed by atoms with Crippen LogP contribution in [0.25, 0.3) is 0 Å². The predicted molar refractivity (Wildman–Crippen MR) is 117 cm³/mol. The molecule has 6 nitrogen and oxygen atoms in total. The zero-order valence-electron chi connectivity index (χ0n) is 16.5. The number of rotatable bonds is 4. The lowest BCUT2D eigenvalue weighted by Crippen LogP contribution is -2.48. The Hall–Kier alpha value is -1.61. The highest BCUT2D eigenvalue weighted by atomic mass is 35.5. The number of halogens is 1. The van der Waals surface area contributed by atoms with E-state index in [-0.39, 0.29) is 11.9 Å². The van der Waals surface area contributed by atoms with Crippen molar-refractivity contribution >= 4 is 44.6 Å². The summed E-state index contributed by atoms with van der Waals surface area (Å²) in [7, 11) is -3.32. The molecule has 2 aliphatic rings. The zero-order valence-corrected chi connectivity index (χ0v) is 18.9. The van der Waals surface area contributed by atoms with Crippen LogP contribution in [0.4, 0.5) is 5.69 Å². The number of sulfonamides is 1. The Labute approximate surface area is 180 Å². The van der Waals surface area contributed by atoms with Crippen molar-refractivity contribution in [1.82, 2.24) is 9.80 Å². The summed E-state index contributed by atoms with van der Waals surface area (Å²) < 4.78 is 26.4. The van der Waals surface area contributed by atoms with Gasteiger partial charge < -0.3 is 4.90 Å². The van der Waals surface area contributed by atoms with Gasteiger partial charge in [0.25, 0.3) is 5.91 Å². The number of hydrogen-bond acceptors (Lipinski definition) is 5. The predicted octanol–water partition coefficient (Wildman–Crippen LogP) is 3.07. The van der Waals surface area contributed by atoms with E-state index in [9.17, 15) is 13.2 Å². The van der Waals surface area contributed by atoms with Gasteiger partial charge in [0.2, 0.25) is 10.0 Å². The lowest BCUT2D eigenvalue weighted by Gasteiger charge is -2.34. The third-order valence-electron chi connectivity index (χ3n) is 5.50. The second kappa shape index (κ2) is 7.91. The summed E-state index contributed by atoms with van der Waals surface area (Å²) in [6, 6.07) is 9.22. The first-order valence-corrected chi connectivity index (χ1v) is 12.6.